The molecule has 1 aromatic heterocycles. The highest BCUT2D eigenvalue weighted by Crippen LogP contribution is 2.11. The van der Waals surface area contributed by atoms with Gasteiger partial charge in [-0.2, -0.15) is 0 Å². The number of nitrogens with one attached hydrogen (secondary N) is 1. The lowest BCUT2D eigenvalue weighted by Gasteiger charge is -2.17. The van der Waals surface area contributed by atoms with E-state index in [-0.39, 0.29) is 17.0 Å². The van der Waals surface area contributed by atoms with Crippen LogP contribution < -0.4 is 10.3 Å². The van der Waals surface area contributed by atoms with E-state index < -0.39 is 0 Å². The molecule has 5 heteroatoms. The van der Waals surface area contributed by atoms with Crippen molar-refractivity contribution < 1.29 is 9.53 Å². The number of hydrogen-bond acceptors (Lipinski definition) is 3. The summed E-state index contributed by atoms with van der Waals surface area (Å²) < 4.78 is 5.57. The second-order valence-electron chi connectivity index (χ2n) is 4.80. The Morgan fingerprint density at radius 3 is 2.62 bits per heavy atom. The van der Waals surface area contributed by atoms with Crippen molar-refractivity contribution in [2.24, 2.45) is 0 Å². The summed E-state index contributed by atoms with van der Waals surface area (Å²) in [4.78, 5) is 27.6. The van der Waals surface area contributed by atoms with Crippen molar-refractivity contribution in [3.05, 3.63) is 64.1 Å². The fourth-order valence-electron chi connectivity index (χ4n) is 1.83. The summed E-state index contributed by atoms with van der Waals surface area (Å²) in [7, 11) is 1.65. The van der Waals surface area contributed by atoms with E-state index >= 15 is 0 Å². The number of likely N-dealkylation sites (N-methyl/N-ethyl adjacent to an activating group) is 1. The van der Waals surface area contributed by atoms with Crippen LogP contribution in [0.5, 0.6) is 5.75 Å². The van der Waals surface area contributed by atoms with Gasteiger partial charge in [0.25, 0.3) is 11.5 Å². The fourth-order valence-corrected chi connectivity index (χ4v) is 1.83. The number of hydrogen-bond donors (Lipinski definition) is 1. The Labute approximate surface area is 123 Å². The summed E-state index contributed by atoms with van der Waals surface area (Å²) >= 11 is 0. The molecule has 0 unspecified atom stereocenters. The fraction of sp³-hybridized carbons (Fsp3) is 0.250. The van der Waals surface area contributed by atoms with Crippen molar-refractivity contribution >= 4 is 5.91 Å². The molecule has 2 rings (SSSR count). The standard InChI is InChI=1S/C16H18N2O3/c1-12-5-7-13(8-6-12)21-11-10-18(2)16(20)14-4-3-9-17-15(14)19/h3-9H,10-11H2,1-2H3,(H,17,19). The number of aromatic amines is 1. The molecule has 0 saturated carbocycles. The monoisotopic (exact) mass is 286 g/mol. The number of pyridine rings is 1. The van der Waals surface area contributed by atoms with Crippen molar-refractivity contribution in [3.8, 4) is 5.75 Å². The van der Waals surface area contributed by atoms with Crippen molar-refractivity contribution in [2.45, 2.75) is 6.92 Å². The predicted molar refractivity (Wildman–Crippen MR) is 80.7 cm³/mol. The molecule has 21 heavy (non-hydrogen) atoms. The van der Waals surface area contributed by atoms with Gasteiger partial charge in [0, 0.05) is 13.2 Å². The molecule has 0 aliphatic carbocycles. The number of carbonyl (C=O) groups excluding carboxylic acids is 1. The van der Waals surface area contributed by atoms with E-state index in [2.05, 4.69) is 4.98 Å². The molecule has 0 radical (unpaired) electrons. The Kier molecular flexibility index (Phi) is 4.77. The third-order valence-electron chi connectivity index (χ3n) is 3.11. The zero-order valence-corrected chi connectivity index (χ0v) is 12.1. The molecule has 5 nitrogen and oxygen atoms in total. The molecule has 0 spiro atoms. The molecule has 2 aromatic rings. The first-order chi connectivity index (χ1) is 10.1. The first-order valence-corrected chi connectivity index (χ1v) is 6.70. The average Bonchev–Trinajstić information content (AvgIpc) is 2.49. The van der Waals surface area contributed by atoms with E-state index in [1.54, 1.807) is 13.1 Å². The molecule has 0 fully saturated rings. The molecule has 1 heterocycles. The highest BCUT2D eigenvalue weighted by molar-refractivity contribution is 5.93. The summed E-state index contributed by atoms with van der Waals surface area (Å²) in [6, 6.07) is 10.9. The minimum Gasteiger partial charge on any atom is -0.492 e. The smallest absolute Gasteiger partial charge is 0.260 e. The quantitative estimate of drug-likeness (QED) is 0.912. The van der Waals surface area contributed by atoms with Crippen molar-refractivity contribution in [2.75, 3.05) is 20.2 Å². The van der Waals surface area contributed by atoms with Crippen LogP contribution >= 0.6 is 0 Å². The molecule has 110 valence electrons. The first kappa shape index (κ1) is 14.8. The van der Waals surface area contributed by atoms with Gasteiger partial charge in [0.2, 0.25) is 0 Å². The average molecular weight is 286 g/mol. The first-order valence-electron chi connectivity index (χ1n) is 6.70. The lowest BCUT2D eigenvalue weighted by molar-refractivity contribution is 0.0772. The predicted octanol–water partition coefficient (Wildman–Crippen LogP) is 1.83. The molecular formula is C16H18N2O3. The molecule has 0 saturated heterocycles. The number of rotatable bonds is 5. The summed E-state index contributed by atoms with van der Waals surface area (Å²) in [5.41, 5.74) is 0.919. The number of benzene rings is 1. The van der Waals surface area contributed by atoms with Crippen LogP contribution in [0.15, 0.2) is 47.4 Å². The normalized spacial score (nSPS) is 10.2. The number of H-pyrrole nitrogens is 1. The zero-order valence-electron chi connectivity index (χ0n) is 12.1. The lowest BCUT2D eigenvalue weighted by atomic mass is 10.2. The maximum Gasteiger partial charge on any atom is 0.260 e. The van der Waals surface area contributed by atoms with Gasteiger partial charge in [0.1, 0.15) is 17.9 Å². The van der Waals surface area contributed by atoms with Gasteiger partial charge in [-0.3, -0.25) is 9.59 Å². The molecule has 1 amide bonds. The maximum absolute atomic E-state index is 12.1. The molecule has 0 atom stereocenters. The van der Waals surface area contributed by atoms with Crippen LogP contribution in [0.2, 0.25) is 0 Å². The van der Waals surface area contributed by atoms with Crippen LogP contribution in [0.25, 0.3) is 0 Å². The van der Waals surface area contributed by atoms with E-state index in [0.29, 0.717) is 13.2 Å². The number of nitrogens with zero attached hydrogens (tertiary/aromatic N) is 1. The van der Waals surface area contributed by atoms with Crippen LogP contribution in [0.3, 0.4) is 0 Å². The topological polar surface area (TPSA) is 62.4 Å². The van der Waals surface area contributed by atoms with Gasteiger partial charge in [-0.15, -0.1) is 0 Å². The molecule has 1 aromatic carbocycles. The number of amides is 1. The van der Waals surface area contributed by atoms with Gasteiger partial charge in [-0.25, -0.2) is 0 Å². The van der Waals surface area contributed by atoms with E-state index in [1.165, 1.54) is 17.2 Å². The Balaban J connectivity index is 1.88. The minimum absolute atomic E-state index is 0.135. The van der Waals surface area contributed by atoms with Gasteiger partial charge in [0.15, 0.2) is 0 Å². The number of aromatic nitrogens is 1. The van der Waals surface area contributed by atoms with Crippen LogP contribution in [0.4, 0.5) is 0 Å². The summed E-state index contributed by atoms with van der Waals surface area (Å²) in [5, 5.41) is 0. The zero-order chi connectivity index (χ0) is 15.2. The minimum atomic E-state index is -0.381. The second-order valence-corrected chi connectivity index (χ2v) is 4.80. The van der Waals surface area contributed by atoms with Crippen LogP contribution in [-0.4, -0.2) is 36.0 Å². The summed E-state index contributed by atoms with van der Waals surface area (Å²) in [5.74, 6) is 0.448. The van der Waals surface area contributed by atoms with Gasteiger partial charge < -0.3 is 14.6 Å². The summed E-state index contributed by atoms with van der Waals surface area (Å²) in [6.07, 6.45) is 1.50. The largest absolute Gasteiger partial charge is 0.492 e. The van der Waals surface area contributed by atoms with Crippen LogP contribution in [0, 0.1) is 6.92 Å². The molecule has 0 aliphatic rings. The van der Waals surface area contributed by atoms with Crippen LogP contribution in [-0.2, 0) is 0 Å². The highest BCUT2D eigenvalue weighted by atomic mass is 16.5. The van der Waals surface area contributed by atoms with Gasteiger partial charge in [-0.05, 0) is 31.2 Å². The third-order valence-corrected chi connectivity index (χ3v) is 3.11. The maximum atomic E-state index is 12.1. The number of aryl methyl sites for hydroxylation is 1. The Morgan fingerprint density at radius 2 is 1.95 bits per heavy atom. The molecule has 0 bridgehead atoms. The molecule has 0 aliphatic heterocycles. The second kappa shape index (κ2) is 6.74. The van der Waals surface area contributed by atoms with Crippen LogP contribution in [0.1, 0.15) is 15.9 Å². The molecular weight excluding hydrogens is 268 g/mol. The van der Waals surface area contributed by atoms with E-state index in [9.17, 15) is 9.59 Å². The lowest BCUT2D eigenvalue weighted by Crippen LogP contribution is -2.34. The Morgan fingerprint density at radius 1 is 1.24 bits per heavy atom. The van der Waals surface area contributed by atoms with Gasteiger partial charge >= 0.3 is 0 Å². The highest BCUT2D eigenvalue weighted by Gasteiger charge is 2.14. The van der Waals surface area contributed by atoms with E-state index in [1.807, 2.05) is 31.2 Å². The SMILES string of the molecule is Cc1ccc(OCCN(C)C(=O)c2ccc[nH]c2=O)cc1. The van der Waals surface area contributed by atoms with Gasteiger partial charge in [-0.1, -0.05) is 17.7 Å². The van der Waals surface area contributed by atoms with E-state index in [4.69, 9.17) is 4.74 Å². The van der Waals surface area contributed by atoms with Crippen molar-refractivity contribution in [1.29, 1.82) is 0 Å². The summed E-state index contributed by atoms with van der Waals surface area (Å²) in [6.45, 7) is 2.78. The van der Waals surface area contributed by atoms with Crippen molar-refractivity contribution in [3.63, 3.8) is 0 Å². The molecule has 1 N–H and O–H groups in total. The van der Waals surface area contributed by atoms with Crippen molar-refractivity contribution in [1.82, 2.24) is 9.88 Å². The van der Waals surface area contributed by atoms with E-state index in [0.717, 1.165) is 11.3 Å². The van der Waals surface area contributed by atoms with Gasteiger partial charge in [0.05, 0.1) is 6.54 Å². The third kappa shape index (κ3) is 3.95. The number of carbonyl (C=O) groups is 1. The Bertz CT molecular complexity index is 662. The number of ether oxygens (including phenoxy) is 1. The Hall–Kier alpha value is -2.56.